The van der Waals surface area contributed by atoms with E-state index in [1.807, 2.05) is 19.1 Å². The molecule has 0 aliphatic heterocycles. The van der Waals surface area contributed by atoms with Gasteiger partial charge in [-0.05, 0) is 31.0 Å². The van der Waals surface area contributed by atoms with Gasteiger partial charge in [-0.2, -0.15) is 0 Å². The van der Waals surface area contributed by atoms with Crippen LogP contribution in [0.3, 0.4) is 0 Å². The zero-order chi connectivity index (χ0) is 15.9. The molecule has 0 aliphatic rings. The molecular formula is C13H20ClN3O3S. The highest BCUT2D eigenvalue weighted by atomic mass is 35.5. The second kappa shape index (κ2) is 8.21. The number of nitrogens with one attached hydrogen (secondary N) is 3. The summed E-state index contributed by atoms with van der Waals surface area (Å²) >= 11 is 5.90. The lowest BCUT2D eigenvalue weighted by molar-refractivity contribution is 0.238. The Morgan fingerprint density at radius 2 is 2.05 bits per heavy atom. The molecule has 2 amide bonds. The van der Waals surface area contributed by atoms with E-state index in [-0.39, 0.29) is 12.1 Å². The maximum absolute atomic E-state index is 11.7. The van der Waals surface area contributed by atoms with E-state index < -0.39 is 10.0 Å². The molecule has 1 atom stereocenters. The minimum atomic E-state index is -3.17. The third kappa shape index (κ3) is 7.89. The molecule has 0 radical (unpaired) electrons. The van der Waals surface area contributed by atoms with Crippen molar-refractivity contribution in [3.8, 4) is 0 Å². The number of hydrogen-bond donors (Lipinski definition) is 3. The normalized spacial score (nSPS) is 12.7. The van der Waals surface area contributed by atoms with Crippen molar-refractivity contribution in [2.45, 2.75) is 19.4 Å². The Balaban J connectivity index is 2.27. The number of carbonyl (C=O) groups excluding carboxylic acids is 1. The molecule has 8 heteroatoms. The van der Waals surface area contributed by atoms with Crippen LogP contribution >= 0.6 is 11.6 Å². The summed E-state index contributed by atoms with van der Waals surface area (Å²) in [5.41, 5.74) is 0.913. The Labute approximate surface area is 130 Å². The van der Waals surface area contributed by atoms with E-state index in [0.29, 0.717) is 24.5 Å². The molecule has 0 bridgehead atoms. The Morgan fingerprint density at radius 3 is 2.67 bits per heavy atom. The van der Waals surface area contributed by atoms with Crippen molar-refractivity contribution in [3.63, 3.8) is 0 Å². The van der Waals surface area contributed by atoms with Crippen LogP contribution in [0, 0.1) is 0 Å². The topological polar surface area (TPSA) is 87.3 Å². The van der Waals surface area contributed by atoms with E-state index in [0.717, 1.165) is 11.8 Å². The predicted molar refractivity (Wildman–Crippen MR) is 83.9 cm³/mol. The summed E-state index contributed by atoms with van der Waals surface area (Å²) in [6, 6.07) is 6.80. The lowest BCUT2D eigenvalue weighted by Crippen LogP contribution is -2.38. The standard InChI is InChI=1S/C13H20ClN3O3S/c1-10(11-5-3-6-12(14)9-11)17-13(18)15-7-4-8-16-21(2,19)20/h3,5-6,9-10,16H,4,7-8H2,1-2H3,(H2,15,17,18). The van der Waals surface area contributed by atoms with Gasteiger partial charge in [-0.25, -0.2) is 17.9 Å². The molecule has 3 N–H and O–H groups in total. The maximum Gasteiger partial charge on any atom is 0.315 e. The summed E-state index contributed by atoms with van der Waals surface area (Å²) in [5, 5.41) is 6.07. The van der Waals surface area contributed by atoms with Gasteiger partial charge in [0.15, 0.2) is 0 Å². The molecule has 0 fully saturated rings. The van der Waals surface area contributed by atoms with Crippen molar-refractivity contribution in [2.75, 3.05) is 19.3 Å². The minimum Gasteiger partial charge on any atom is -0.338 e. The van der Waals surface area contributed by atoms with Gasteiger partial charge in [0.1, 0.15) is 0 Å². The van der Waals surface area contributed by atoms with E-state index in [4.69, 9.17) is 11.6 Å². The zero-order valence-corrected chi connectivity index (χ0v) is 13.6. The molecule has 6 nitrogen and oxygen atoms in total. The SMILES string of the molecule is CC(NC(=O)NCCCNS(C)(=O)=O)c1cccc(Cl)c1. The van der Waals surface area contributed by atoms with E-state index in [2.05, 4.69) is 15.4 Å². The fourth-order valence-electron chi connectivity index (χ4n) is 1.65. The third-order valence-electron chi connectivity index (χ3n) is 2.70. The molecule has 118 valence electrons. The molecule has 1 rings (SSSR count). The second-order valence-electron chi connectivity index (χ2n) is 4.70. The van der Waals surface area contributed by atoms with Gasteiger partial charge in [-0.15, -0.1) is 0 Å². The lowest BCUT2D eigenvalue weighted by Gasteiger charge is -2.15. The average molecular weight is 334 g/mol. The molecule has 0 aromatic heterocycles. The van der Waals surface area contributed by atoms with Gasteiger partial charge in [0.25, 0.3) is 0 Å². The molecule has 0 spiro atoms. The fourth-order valence-corrected chi connectivity index (χ4v) is 2.37. The number of hydrogen-bond acceptors (Lipinski definition) is 3. The molecular weight excluding hydrogens is 314 g/mol. The molecule has 21 heavy (non-hydrogen) atoms. The Hall–Kier alpha value is -1.31. The first-order valence-electron chi connectivity index (χ1n) is 6.52. The van der Waals surface area contributed by atoms with Crippen LogP contribution in [0.15, 0.2) is 24.3 Å². The molecule has 0 heterocycles. The summed E-state index contributed by atoms with van der Waals surface area (Å²) in [6.07, 6.45) is 1.62. The van der Waals surface area contributed by atoms with Gasteiger partial charge < -0.3 is 10.6 Å². The minimum absolute atomic E-state index is 0.169. The van der Waals surface area contributed by atoms with Crippen LogP contribution in [0.2, 0.25) is 5.02 Å². The summed E-state index contributed by atoms with van der Waals surface area (Å²) < 4.78 is 24.0. The van der Waals surface area contributed by atoms with Crippen molar-refractivity contribution in [2.24, 2.45) is 0 Å². The van der Waals surface area contributed by atoms with E-state index in [1.54, 1.807) is 12.1 Å². The number of rotatable bonds is 7. The van der Waals surface area contributed by atoms with Crippen molar-refractivity contribution in [3.05, 3.63) is 34.9 Å². The summed E-state index contributed by atoms with van der Waals surface area (Å²) in [7, 11) is -3.17. The monoisotopic (exact) mass is 333 g/mol. The number of carbonyl (C=O) groups is 1. The first-order chi connectivity index (χ1) is 9.78. The maximum atomic E-state index is 11.7. The quantitative estimate of drug-likeness (QED) is 0.663. The molecule has 0 saturated heterocycles. The van der Waals surface area contributed by atoms with E-state index in [1.165, 1.54) is 0 Å². The van der Waals surface area contributed by atoms with Crippen molar-refractivity contribution >= 4 is 27.7 Å². The zero-order valence-electron chi connectivity index (χ0n) is 12.0. The predicted octanol–water partition coefficient (Wildman–Crippen LogP) is 1.64. The Bertz CT molecular complexity index is 578. The summed E-state index contributed by atoms with van der Waals surface area (Å²) in [6.45, 7) is 2.54. The van der Waals surface area contributed by atoms with E-state index >= 15 is 0 Å². The first kappa shape index (κ1) is 17.7. The van der Waals surface area contributed by atoms with Crippen LogP contribution in [0.4, 0.5) is 4.79 Å². The lowest BCUT2D eigenvalue weighted by atomic mass is 10.1. The molecule has 1 aromatic rings. The van der Waals surface area contributed by atoms with Crippen LogP contribution in [0.1, 0.15) is 24.9 Å². The smallest absolute Gasteiger partial charge is 0.315 e. The van der Waals surface area contributed by atoms with Gasteiger partial charge in [-0.1, -0.05) is 23.7 Å². The van der Waals surface area contributed by atoms with Gasteiger partial charge in [-0.3, -0.25) is 0 Å². The summed E-state index contributed by atoms with van der Waals surface area (Å²) in [4.78, 5) is 11.7. The number of halogens is 1. The summed E-state index contributed by atoms with van der Waals surface area (Å²) in [5.74, 6) is 0. The molecule has 0 aliphatic carbocycles. The van der Waals surface area contributed by atoms with Crippen LogP contribution in [-0.4, -0.2) is 33.8 Å². The van der Waals surface area contributed by atoms with Crippen LogP contribution in [0.25, 0.3) is 0 Å². The average Bonchev–Trinajstić information content (AvgIpc) is 2.36. The molecule has 0 saturated carbocycles. The number of urea groups is 1. The number of benzene rings is 1. The fraction of sp³-hybridized carbons (Fsp3) is 0.462. The van der Waals surface area contributed by atoms with Crippen molar-refractivity contribution < 1.29 is 13.2 Å². The first-order valence-corrected chi connectivity index (χ1v) is 8.79. The Kier molecular flexibility index (Phi) is 6.94. The number of amides is 2. The second-order valence-corrected chi connectivity index (χ2v) is 6.97. The van der Waals surface area contributed by atoms with E-state index in [9.17, 15) is 13.2 Å². The van der Waals surface area contributed by atoms with Gasteiger partial charge >= 0.3 is 6.03 Å². The largest absolute Gasteiger partial charge is 0.338 e. The third-order valence-corrected chi connectivity index (χ3v) is 3.66. The van der Waals surface area contributed by atoms with Gasteiger partial charge in [0, 0.05) is 18.1 Å². The van der Waals surface area contributed by atoms with Gasteiger partial charge in [0.2, 0.25) is 10.0 Å². The van der Waals surface area contributed by atoms with Crippen LogP contribution < -0.4 is 15.4 Å². The highest BCUT2D eigenvalue weighted by molar-refractivity contribution is 7.88. The Morgan fingerprint density at radius 1 is 1.33 bits per heavy atom. The number of sulfonamides is 1. The molecule has 1 aromatic carbocycles. The van der Waals surface area contributed by atoms with Crippen molar-refractivity contribution in [1.82, 2.24) is 15.4 Å². The molecule has 1 unspecified atom stereocenters. The van der Waals surface area contributed by atoms with Crippen LogP contribution in [0.5, 0.6) is 0 Å². The van der Waals surface area contributed by atoms with Crippen LogP contribution in [-0.2, 0) is 10.0 Å². The highest BCUT2D eigenvalue weighted by Gasteiger charge is 2.09. The highest BCUT2D eigenvalue weighted by Crippen LogP contribution is 2.16. The van der Waals surface area contributed by atoms with Gasteiger partial charge in [0.05, 0.1) is 12.3 Å². The van der Waals surface area contributed by atoms with Crippen molar-refractivity contribution in [1.29, 1.82) is 0 Å².